The van der Waals surface area contributed by atoms with Crippen molar-refractivity contribution in [2.75, 3.05) is 25.5 Å². The number of aromatic nitrogens is 1. The van der Waals surface area contributed by atoms with Gasteiger partial charge in [0.05, 0.1) is 0 Å². The summed E-state index contributed by atoms with van der Waals surface area (Å²) in [6, 6.07) is 5.94. The lowest BCUT2D eigenvalue weighted by Gasteiger charge is -2.25. The number of hydrogen-bond acceptors (Lipinski definition) is 4. The van der Waals surface area contributed by atoms with Crippen LogP contribution >= 0.6 is 0 Å². The summed E-state index contributed by atoms with van der Waals surface area (Å²) in [5.41, 5.74) is 0.957. The average molecular weight is 290 g/mol. The summed E-state index contributed by atoms with van der Waals surface area (Å²) < 4.78 is 0. The Bertz CT molecular complexity index is 518. The van der Waals surface area contributed by atoms with Crippen molar-refractivity contribution >= 4 is 17.6 Å². The van der Waals surface area contributed by atoms with Gasteiger partial charge in [0.25, 0.3) is 0 Å². The first-order chi connectivity index (χ1) is 10.1. The van der Waals surface area contributed by atoms with Crippen molar-refractivity contribution < 1.29 is 9.59 Å². The van der Waals surface area contributed by atoms with Crippen LogP contribution in [0.1, 0.15) is 25.0 Å². The molecule has 0 aromatic carbocycles. The first-order valence-corrected chi connectivity index (χ1v) is 7.27. The molecular formula is C15H22N4O2. The van der Waals surface area contributed by atoms with E-state index in [4.69, 9.17) is 0 Å². The Morgan fingerprint density at radius 1 is 1.43 bits per heavy atom. The van der Waals surface area contributed by atoms with Crippen molar-refractivity contribution in [3.63, 3.8) is 0 Å². The summed E-state index contributed by atoms with van der Waals surface area (Å²) in [6.07, 6.45) is 1.86. The van der Waals surface area contributed by atoms with E-state index in [1.54, 1.807) is 11.9 Å². The van der Waals surface area contributed by atoms with Crippen molar-refractivity contribution in [1.29, 1.82) is 0 Å². The van der Waals surface area contributed by atoms with Crippen LogP contribution in [0.15, 0.2) is 18.2 Å². The van der Waals surface area contributed by atoms with Crippen LogP contribution in [0.25, 0.3) is 0 Å². The second-order valence-electron chi connectivity index (χ2n) is 5.28. The van der Waals surface area contributed by atoms with Gasteiger partial charge in [0, 0.05) is 31.9 Å². The molecule has 1 aliphatic rings. The number of carbonyl (C=O) groups excluding carboxylic acids is 2. The number of aryl methyl sites for hydroxylation is 1. The Morgan fingerprint density at radius 3 is 2.95 bits per heavy atom. The number of amides is 2. The van der Waals surface area contributed by atoms with Crippen LogP contribution in [-0.2, 0) is 9.59 Å². The van der Waals surface area contributed by atoms with Crippen LogP contribution in [0.4, 0.5) is 5.82 Å². The molecule has 2 N–H and O–H groups in total. The van der Waals surface area contributed by atoms with Gasteiger partial charge in [-0.25, -0.2) is 4.98 Å². The number of hydrogen-bond donors (Lipinski definition) is 2. The fourth-order valence-corrected chi connectivity index (χ4v) is 2.57. The maximum Gasteiger partial charge on any atom is 0.232 e. The first-order valence-electron chi connectivity index (χ1n) is 7.27. The second-order valence-corrected chi connectivity index (χ2v) is 5.28. The Balaban J connectivity index is 1.90. The van der Waals surface area contributed by atoms with Crippen molar-refractivity contribution in [3.8, 4) is 0 Å². The topological polar surface area (TPSA) is 74.3 Å². The molecule has 6 nitrogen and oxygen atoms in total. The molecule has 1 atom stereocenters. The number of nitrogens with one attached hydrogen (secondary N) is 2. The van der Waals surface area contributed by atoms with E-state index in [0.29, 0.717) is 6.54 Å². The maximum atomic E-state index is 12.1. The zero-order chi connectivity index (χ0) is 15.2. The summed E-state index contributed by atoms with van der Waals surface area (Å²) in [7, 11) is 1.54. The van der Waals surface area contributed by atoms with Gasteiger partial charge >= 0.3 is 0 Å². The van der Waals surface area contributed by atoms with Crippen LogP contribution in [0.3, 0.4) is 0 Å². The highest BCUT2D eigenvalue weighted by atomic mass is 16.2. The van der Waals surface area contributed by atoms with Crippen molar-refractivity contribution in [1.82, 2.24) is 15.2 Å². The fraction of sp³-hybridized carbons (Fsp3) is 0.533. The third-order valence-corrected chi connectivity index (χ3v) is 3.70. The van der Waals surface area contributed by atoms with Gasteiger partial charge in [-0.2, -0.15) is 0 Å². The van der Waals surface area contributed by atoms with Gasteiger partial charge in [0.15, 0.2) is 0 Å². The van der Waals surface area contributed by atoms with Crippen LogP contribution in [0.5, 0.6) is 0 Å². The van der Waals surface area contributed by atoms with E-state index >= 15 is 0 Å². The Morgan fingerprint density at radius 2 is 2.24 bits per heavy atom. The SMILES string of the molecule is CNC(=O)CC(=O)N1CCCC1CNc1cccc(C)n1. The summed E-state index contributed by atoms with van der Waals surface area (Å²) in [6.45, 7) is 3.33. The van der Waals surface area contributed by atoms with Gasteiger partial charge in [-0.1, -0.05) is 6.07 Å². The van der Waals surface area contributed by atoms with Crippen LogP contribution in [0, 0.1) is 6.92 Å². The van der Waals surface area contributed by atoms with E-state index in [-0.39, 0.29) is 24.3 Å². The highest BCUT2D eigenvalue weighted by Gasteiger charge is 2.29. The average Bonchev–Trinajstić information content (AvgIpc) is 2.93. The molecule has 1 aromatic rings. The van der Waals surface area contributed by atoms with Crippen LogP contribution in [0.2, 0.25) is 0 Å². The van der Waals surface area contributed by atoms with E-state index < -0.39 is 0 Å². The number of anilines is 1. The largest absolute Gasteiger partial charge is 0.368 e. The number of likely N-dealkylation sites (tertiary alicyclic amines) is 1. The Labute approximate surface area is 124 Å². The molecule has 1 fully saturated rings. The third-order valence-electron chi connectivity index (χ3n) is 3.70. The lowest BCUT2D eigenvalue weighted by atomic mass is 10.2. The number of pyridine rings is 1. The molecule has 0 spiro atoms. The molecule has 2 heterocycles. The predicted molar refractivity (Wildman–Crippen MR) is 80.9 cm³/mol. The number of carbonyl (C=O) groups is 2. The molecule has 0 radical (unpaired) electrons. The highest BCUT2D eigenvalue weighted by Crippen LogP contribution is 2.19. The highest BCUT2D eigenvalue weighted by molar-refractivity contribution is 5.97. The monoisotopic (exact) mass is 290 g/mol. The maximum absolute atomic E-state index is 12.1. The minimum atomic E-state index is -0.237. The van der Waals surface area contributed by atoms with Crippen molar-refractivity contribution in [2.24, 2.45) is 0 Å². The minimum Gasteiger partial charge on any atom is -0.368 e. The summed E-state index contributed by atoms with van der Waals surface area (Å²) in [5, 5.41) is 5.76. The molecule has 6 heteroatoms. The minimum absolute atomic E-state index is 0.0737. The molecule has 21 heavy (non-hydrogen) atoms. The fourth-order valence-electron chi connectivity index (χ4n) is 2.57. The normalized spacial score (nSPS) is 17.6. The second kappa shape index (κ2) is 7.06. The van der Waals surface area contributed by atoms with Crippen molar-refractivity contribution in [2.45, 2.75) is 32.2 Å². The number of rotatable bonds is 5. The number of nitrogens with zero attached hydrogens (tertiary/aromatic N) is 2. The lowest BCUT2D eigenvalue weighted by Crippen LogP contribution is -2.41. The van der Waals surface area contributed by atoms with E-state index in [1.165, 1.54) is 0 Å². The first kappa shape index (κ1) is 15.3. The summed E-state index contributed by atoms with van der Waals surface area (Å²) in [5.74, 6) is 0.482. The van der Waals surface area contributed by atoms with Gasteiger partial charge < -0.3 is 15.5 Å². The molecule has 0 saturated carbocycles. The van der Waals surface area contributed by atoms with E-state index in [0.717, 1.165) is 30.9 Å². The standard InChI is InChI=1S/C15H22N4O2/c1-11-5-3-7-13(18-11)17-10-12-6-4-8-19(12)15(21)9-14(20)16-2/h3,5,7,12H,4,6,8-10H2,1-2H3,(H,16,20)(H,17,18). The predicted octanol–water partition coefficient (Wildman–Crippen LogP) is 0.929. The van der Waals surface area contributed by atoms with Crippen LogP contribution in [-0.4, -0.2) is 47.9 Å². The van der Waals surface area contributed by atoms with E-state index in [2.05, 4.69) is 15.6 Å². The summed E-state index contributed by atoms with van der Waals surface area (Å²) >= 11 is 0. The Hall–Kier alpha value is -2.11. The van der Waals surface area contributed by atoms with Gasteiger partial charge in [0.2, 0.25) is 11.8 Å². The van der Waals surface area contributed by atoms with Crippen LogP contribution < -0.4 is 10.6 Å². The third kappa shape index (κ3) is 4.18. The zero-order valence-electron chi connectivity index (χ0n) is 12.6. The van der Waals surface area contributed by atoms with Gasteiger partial charge in [-0.3, -0.25) is 9.59 Å². The molecule has 0 aliphatic carbocycles. The quantitative estimate of drug-likeness (QED) is 0.791. The summed E-state index contributed by atoms with van der Waals surface area (Å²) in [4.78, 5) is 29.6. The molecule has 1 aromatic heterocycles. The molecule has 1 unspecified atom stereocenters. The Kier molecular flexibility index (Phi) is 5.14. The smallest absolute Gasteiger partial charge is 0.232 e. The van der Waals surface area contributed by atoms with E-state index in [1.807, 2.05) is 25.1 Å². The lowest BCUT2D eigenvalue weighted by molar-refractivity contribution is -0.136. The molecule has 0 bridgehead atoms. The molecule has 1 aliphatic heterocycles. The molecule has 2 rings (SSSR count). The molecule has 2 amide bonds. The molecule has 1 saturated heterocycles. The van der Waals surface area contributed by atoms with Gasteiger partial charge in [-0.15, -0.1) is 0 Å². The van der Waals surface area contributed by atoms with Crippen molar-refractivity contribution in [3.05, 3.63) is 23.9 Å². The molecule has 114 valence electrons. The van der Waals surface area contributed by atoms with Gasteiger partial charge in [0.1, 0.15) is 12.2 Å². The van der Waals surface area contributed by atoms with Gasteiger partial charge in [-0.05, 0) is 31.9 Å². The van der Waals surface area contributed by atoms with E-state index in [9.17, 15) is 9.59 Å². The zero-order valence-corrected chi connectivity index (χ0v) is 12.6. The molecular weight excluding hydrogens is 268 g/mol.